The fourth-order valence-electron chi connectivity index (χ4n) is 3.61. The summed E-state index contributed by atoms with van der Waals surface area (Å²) >= 11 is 1.57. The van der Waals surface area contributed by atoms with Gasteiger partial charge in [-0.05, 0) is 33.6 Å². The number of ether oxygens (including phenoxy) is 1. The van der Waals surface area contributed by atoms with Gasteiger partial charge in [-0.15, -0.1) is 11.3 Å². The van der Waals surface area contributed by atoms with Crippen molar-refractivity contribution >= 4 is 29.4 Å². The molecule has 0 radical (unpaired) electrons. The first-order valence-electron chi connectivity index (χ1n) is 9.03. The highest BCUT2D eigenvalue weighted by Crippen LogP contribution is 2.41. The molecule has 0 saturated carbocycles. The van der Waals surface area contributed by atoms with Gasteiger partial charge in [0.2, 0.25) is 5.91 Å². The van der Waals surface area contributed by atoms with Gasteiger partial charge in [-0.1, -0.05) is 12.7 Å². The molecule has 0 atom stereocenters. The summed E-state index contributed by atoms with van der Waals surface area (Å²) in [6, 6.07) is 0. The molecule has 6 nitrogen and oxygen atoms in total. The van der Waals surface area contributed by atoms with Gasteiger partial charge in [-0.2, -0.15) is 0 Å². The van der Waals surface area contributed by atoms with Gasteiger partial charge >= 0.3 is 6.09 Å². The Bertz CT molecular complexity index is 699. The van der Waals surface area contributed by atoms with Gasteiger partial charge < -0.3 is 14.5 Å². The topological polar surface area (TPSA) is 62.7 Å². The Morgan fingerprint density at radius 2 is 2.12 bits per heavy atom. The zero-order valence-corrected chi connectivity index (χ0v) is 16.6. The lowest BCUT2D eigenvalue weighted by Gasteiger charge is -2.39. The summed E-state index contributed by atoms with van der Waals surface area (Å²) in [5, 5.41) is 0.941. The number of piperidine rings is 1. The minimum Gasteiger partial charge on any atom is -0.444 e. The lowest BCUT2D eigenvalue weighted by Crippen LogP contribution is -2.46. The smallest absolute Gasteiger partial charge is 0.410 e. The Hall–Kier alpha value is -1.89. The monoisotopic (exact) mass is 377 g/mol. The molecule has 0 unspecified atom stereocenters. The molecule has 1 aromatic heterocycles. The fourth-order valence-corrected chi connectivity index (χ4v) is 4.39. The number of rotatable bonds is 3. The van der Waals surface area contributed by atoms with Crippen LogP contribution < -0.4 is 0 Å². The van der Waals surface area contributed by atoms with Crippen molar-refractivity contribution in [2.45, 2.75) is 52.2 Å². The fraction of sp³-hybridized carbons (Fsp3) is 0.632. The predicted octanol–water partition coefficient (Wildman–Crippen LogP) is 3.54. The second-order valence-electron chi connectivity index (χ2n) is 8.25. The molecule has 2 aliphatic rings. The van der Waals surface area contributed by atoms with E-state index in [-0.39, 0.29) is 17.4 Å². The van der Waals surface area contributed by atoms with E-state index in [0.29, 0.717) is 26.1 Å². The maximum absolute atomic E-state index is 12.5. The van der Waals surface area contributed by atoms with Gasteiger partial charge in [0.15, 0.2) is 0 Å². The van der Waals surface area contributed by atoms with Gasteiger partial charge in [-0.3, -0.25) is 4.79 Å². The minimum atomic E-state index is -0.482. The molecule has 1 aromatic rings. The molecule has 0 bridgehead atoms. The Morgan fingerprint density at radius 1 is 1.42 bits per heavy atom. The van der Waals surface area contributed by atoms with Crippen molar-refractivity contribution in [1.82, 2.24) is 14.8 Å². The molecular formula is C19H27N3O3S. The molecule has 2 amide bonds. The van der Waals surface area contributed by atoms with Crippen LogP contribution in [0.5, 0.6) is 0 Å². The lowest BCUT2D eigenvalue weighted by molar-refractivity contribution is -0.128. The summed E-state index contributed by atoms with van der Waals surface area (Å²) < 4.78 is 5.46. The molecule has 3 rings (SSSR count). The maximum Gasteiger partial charge on any atom is 0.410 e. The van der Waals surface area contributed by atoms with Gasteiger partial charge in [0.05, 0.1) is 6.54 Å². The van der Waals surface area contributed by atoms with Crippen LogP contribution in [0, 0.1) is 5.41 Å². The predicted molar refractivity (Wildman–Crippen MR) is 102 cm³/mol. The average Bonchev–Trinajstić information content (AvgIpc) is 3.12. The molecule has 2 aliphatic heterocycles. The molecule has 0 aliphatic carbocycles. The molecule has 0 aromatic carbocycles. The number of likely N-dealkylation sites (tertiary alicyclic amines) is 2. The molecular weight excluding hydrogens is 350 g/mol. The molecule has 2 saturated heterocycles. The number of hydrogen-bond acceptors (Lipinski definition) is 5. The molecule has 142 valence electrons. The standard InChI is InChI=1S/C19H27N3O3S/c1-5-14-11-20-15(26-14)12-22-13-19(10-16(22)23)6-8-21(9-7-19)17(24)25-18(2,3)4/h5,11H,1,6-10,12-13H2,2-4H3. The minimum absolute atomic E-state index is 0.0197. The number of aromatic nitrogens is 1. The lowest BCUT2D eigenvalue weighted by atomic mass is 9.78. The van der Waals surface area contributed by atoms with Crippen LogP contribution in [-0.2, 0) is 16.1 Å². The molecule has 3 heterocycles. The third-order valence-electron chi connectivity index (χ3n) is 4.98. The summed E-state index contributed by atoms with van der Waals surface area (Å²) in [6.07, 6.45) is 5.56. The van der Waals surface area contributed by atoms with E-state index in [2.05, 4.69) is 11.6 Å². The van der Waals surface area contributed by atoms with Crippen molar-refractivity contribution in [1.29, 1.82) is 0 Å². The molecule has 7 heteroatoms. The van der Waals surface area contributed by atoms with Gasteiger partial charge in [0, 0.05) is 42.5 Å². The van der Waals surface area contributed by atoms with Gasteiger partial charge in [0.1, 0.15) is 10.6 Å². The van der Waals surface area contributed by atoms with Crippen molar-refractivity contribution in [2.24, 2.45) is 5.41 Å². The zero-order valence-electron chi connectivity index (χ0n) is 15.8. The largest absolute Gasteiger partial charge is 0.444 e. The first-order chi connectivity index (χ1) is 12.2. The van der Waals surface area contributed by atoms with Crippen LogP contribution in [0.15, 0.2) is 12.8 Å². The van der Waals surface area contributed by atoms with Crippen LogP contribution in [-0.4, -0.2) is 52.0 Å². The van der Waals surface area contributed by atoms with E-state index in [1.54, 1.807) is 28.5 Å². The number of thiazole rings is 1. The van der Waals surface area contributed by atoms with Crippen LogP contribution in [0.4, 0.5) is 4.79 Å². The summed E-state index contributed by atoms with van der Waals surface area (Å²) in [7, 11) is 0. The van der Waals surface area contributed by atoms with Crippen molar-refractivity contribution in [3.05, 3.63) is 22.7 Å². The number of amides is 2. The highest BCUT2D eigenvalue weighted by molar-refractivity contribution is 7.12. The third-order valence-corrected chi connectivity index (χ3v) is 5.96. The van der Waals surface area contributed by atoms with Crippen molar-refractivity contribution < 1.29 is 14.3 Å². The normalized spacial score (nSPS) is 19.9. The number of carbonyl (C=O) groups excluding carboxylic acids is 2. The first-order valence-corrected chi connectivity index (χ1v) is 9.84. The second-order valence-corrected chi connectivity index (χ2v) is 9.40. The van der Waals surface area contributed by atoms with E-state index < -0.39 is 5.60 Å². The quantitative estimate of drug-likeness (QED) is 0.808. The molecule has 1 spiro atoms. The van der Waals surface area contributed by atoms with E-state index in [1.807, 2.05) is 25.7 Å². The number of nitrogens with zero attached hydrogens (tertiary/aromatic N) is 3. The van der Waals surface area contributed by atoms with Crippen LogP contribution >= 0.6 is 11.3 Å². The Balaban J connectivity index is 1.57. The average molecular weight is 378 g/mol. The van der Waals surface area contributed by atoms with Gasteiger partial charge in [0.25, 0.3) is 0 Å². The van der Waals surface area contributed by atoms with Crippen LogP contribution in [0.1, 0.15) is 49.9 Å². The van der Waals surface area contributed by atoms with E-state index in [9.17, 15) is 9.59 Å². The molecule has 2 fully saturated rings. The van der Waals surface area contributed by atoms with Crippen molar-refractivity contribution in [3.63, 3.8) is 0 Å². The summed E-state index contributed by atoms with van der Waals surface area (Å²) in [5.41, 5.74) is -0.502. The Kier molecular flexibility index (Phi) is 5.10. The highest BCUT2D eigenvalue weighted by atomic mass is 32.1. The van der Waals surface area contributed by atoms with Crippen molar-refractivity contribution in [2.75, 3.05) is 19.6 Å². The first kappa shape index (κ1) is 18.9. The van der Waals surface area contributed by atoms with E-state index in [1.165, 1.54) is 0 Å². The summed E-state index contributed by atoms with van der Waals surface area (Å²) in [4.78, 5) is 33.8. The van der Waals surface area contributed by atoms with E-state index in [4.69, 9.17) is 4.74 Å². The van der Waals surface area contributed by atoms with Crippen LogP contribution in [0.3, 0.4) is 0 Å². The SMILES string of the molecule is C=Cc1cnc(CN2CC3(CCN(C(=O)OC(C)(C)C)CC3)CC2=O)s1. The van der Waals surface area contributed by atoms with E-state index in [0.717, 1.165) is 29.3 Å². The third kappa shape index (κ3) is 4.26. The summed E-state index contributed by atoms with van der Waals surface area (Å²) in [6.45, 7) is 12.0. The highest BCUT2D eigenvalue weighted by Gasteiger charge is 2.45. The second kappa shape index (κ2) is 7.02. The van der Waals surface area contributed by atoms with Crippen LogP contribution in [0.2, 0.25) is 0 Å². The number of hydrogen-bond donors (Lipinski definition) is 0. The van der Waals surface area contributed by atoms with Crippen molar-refractivity contribution in [3.8, 4) is 0 Å². The number of carbonyl (C=O) groups is 2. The zero-order chi connectivity index (χ0) is 18.9. The molecule has 26 heavy (non-hydrogen) atoms. The Morgan fingerprint density at radius 3 is 2.69 bits per heavy atom. The van der Waals surface area contributed by atoms with E-state index >= 15 is 0 Å². The Labute approximate surface area is 158 Å². The van der Waals surface area contributed by atoms with Gasteiger partial charge in [-0.25, -0.2) is 9.78 Å². The van der Waals surface area contributed by atoms with Crippen LogP contribution in [0.25, 0.3) is 6.08 Å². The maximum atomic E-state index is 12.5. The molecule has 0 N–H and O–H groups in total. The summed E-state index contributed by atoms with van der Waals surface area (Å²) in [5.74, 6) is 0.186.